The Morgan fingerprint density at radius 2 is 2.00 bits per heavy atom. The lowest BCUT2D eigenvalue weighted by Gasteiger charge is -2.26. The Labute approximate surface area is 115 Å². The number of aromatic nitrogens is 5. The van der Waals surface area contributed by atoms with Crippen LogP contribution in [0.5, 0.6) is 0 Å². The van der Waals surface area contributed by atoms with Crippen molar-refractivity contribution in [1.29, 1.82) is 0 Å². The average Bonchev–Trinajstić information content (AvgIpc) is 2.85. The van der Waals surface area contributed by atoms with Crippen molar-refractivity contribution in [1.82, 2.24) is 24.7 Å². The highest BCUT2D eigenvalue weighted by atomic mass is 35.5. The summed E-state index contributed by atoms with van der Waals surface area (Å²) < 4.78 is 7.02. The van der Waals surface area contributed by atoms with Gasteiger partial charge in [-0.1, -0.05) is 0 Å². The van der Waals surface area contributed by atoms with Gasteiger partial charge in [-0.25, -0.2) is 0 Å². The van der Waals surface area contributed by atoms with Gasteiger partial charge in [0.25, 0.3) is 0 Å². The maximum absolute atomic E-state index is 5.99. The van der Waals surface area contributed by atoms with Crippen LogP contribution in [-0.2, 0) is 11.8 Å². The summed E-state index contributed by atoms with van der Waals surface area (Å²) >= 11 is 5.99. The van der Waals surface area contributed by atoms with Gasteiger partial charge in [-0.2, -0.15) is 20.1 Å². The first-order valence-electron chi connectivity index (χ1n) is 5.97. The standard InChI is InChI=1S/C11H13ClN6O/c1-17-8(2-3-13-17)9-14-10(12)16-11(15-9)18-4-6-19-7-5-18/h2-3H,4-7H2,1H3. The molecule has 0 bridgehead atoms. The molecular weight excluding hydrogens is 268 g/mol. The highest BCUT2D eigenvalue weighted by Gasteiger charge is 2.17. The van der Waals surface area contributed by atoms with Crippen LogP contribution >= 0.6 is 11.6 Å². The molecule has 2 aromatic rings. The smallest absolute Gasteiger partial charge is 0.230 e. The van der Waals surface area contributed by atoms with Crippen LogP contribution in [0.4, 0.5) is 5.95 Å². The van der Waals surface area contributed by atoms with Gasteiger partial charge in [0.1, 0.15) is 5.69 Å². The number of hydrogen-bond donors (Lipinski definition) is 0. The molecule has 0 saturated carbocycles. The normalized spacial score (nSPS) is 15.8. The van der Waals surface area contributed by atoms with Crippen molar-refractivity contribution in [3.63, 3.8) is 0 Å². The van der Waals surface area contributed by atoms with Crippen LogP contribution in [0.25, 0.3) is 11.5 Å². The number of ether oxygens (including phenoxy) is 1. The van der Waals surface area contributed by atoms with E-state index in [-0.39, 0.29) is 5.28 Å². The van der Waals surface area contributed by atoms with Crippen LogP contribution in [0.2, 0.25) is 5.28 Å². The van der Waals surface area contributed by atoms with E-state index in [1.807, 2.05) is 18.0 Å². The fraction of sp³-hybridized carbons (Fsp3) is 0.455. The SMILES string of the molecule is Cn1nccc1-c1nc(Cl)nc(N2CCOCC2)n1. The third-order valence-corrected chi connectivity index (χ3v) is 3.11. The van der Waals surface area contributed by atoms with Crippen molar-refractivity contribution >= 4 is 17.5 Å². The summed E-state index contributed by atoms with van der Waals surface area (Å²) in [4.78, 5) is 14.8. The lowest BCUT2D eigenvalue weighted by molar-refractivity contribution is 0.122. The minimum absolute atomic E-state index is 0.188. The molecule has 2 aromatic heterocycles. The third kappa shape index (κ3) is 2.52. The summed E-state index contributed by atoms with van der Waals surface area (Å²) in [5.74, 6) is 1.11. The van der Waals surface area contributed by atoms with Crippen LogP contribution in [0, 0.1) is 0 Å². The van der Waals surface area contributed by atoms with E-state index in [1.165, 1.54) is 0 Å². The highest BCUT2D eigenvalue weighted by Crippen LogP contribution is 2.19. The Balaban J connectivity index is 1.98. The van der Waals surface area contributed by atoms with Crippen molar-refractivity contribution < 1.29 is 4.74 Å². The highest BCUT2D eigenvalue weighted by molar-refractivity contribution is 6.28. The van der Waals surface area contributed by atoms with Gasteiger partial charge in [0, 0.05) is 26.3 Å². The van der Waals surface area contributed by atoms with E-state index < -0.39 is 0 Å². The molecule has 100 valence electrons. The van der Waals surface area contributed by atoms with Crippen molar-refractivity contribution in [3.8, 4) is 11.5 Å². The number of hydrogen-bond acceptors (Lipinski definition) is 6. The van der Waals surface area contributed by atoms with Gasteiger partial charge in [0.2, 0.25) is 11.2 Å². The van der Waals surface area contributed by atoms with E-state index in [4.69, 9.17) is 16.3 Å². The van der Waals surface area contributed by atoms with Gasteiger partial charge in [-0.3, -0.25) is 4.68 Å². The molecule has 1 aliphatic heterocycles. The van der Waals surface area contributed by atoms with E-state index in [2.05, 4.69) is 20.1 Å². The molecule has 1 saturated heterocycles. The number of rotatable bonds is 2. The van der Waals surface area contributed by atoms with Crippen LogP contribution in [0.3, 0.4) is 0 Å². The van der Waals surface area contributed by atoms with Crippen LogP contribution in [0.15, 0.2) is 12.3 Å². The van der Waals surface area contributed by atoms with Gasteiger partial charge in [-0.15, -0.1) is 0 Å². The molecule has 19 heavy (non-hydrogen) atoms. The maximum atomic E-state index is 5.99. The Kier molecular flexibility index (Phi) is 3.31. The fourth-order valence-electron chi connectivity index (χ4n) is 1.95. The molecule has 1 aliphatic rings. The van der Waals surface area contributed by atoms with Gasteiger partial charge in [0.15, 0.2) is 5.82 Å². The van der Waals surface area contributed by atoms with Crippen molar-refractivity contribution in [3.05, 3.63) is 17.5 Å². The minimum atomic E-state index is 0.188. The molecule has 3 rings (SSSR count). The van der Waals surface area contributed by atoms with Crippen molar-refractivity contribution in [2.24, 2.45) is 7.05 Å². The molecule has 7 nitrogen and oxygen atoms in total. The summed E-state index contributed by atoms with van der Waals surface area (Å²) in [7, 11) is 1.83. The van der Waals surface area contributed by atoms with Gasteiger partial charge in [-0.05, 0) is 17.7 Å². The monoisotopic (exact) mass is 280 g/mol. The van der Waals surface area contributed by atoms with E-state index >= 15 is 0 Å². The lowest BCUT2D eigenvalue weighted by atomic mass is 10.4. The second-order valence-electron chi connectivity index (χ2n) is 4.17. The Hall–Kier alpha value is -1.73. The lowest BCUT2D eigenvalue weighted by Crippen LogP contribution is -2.37. The first-order valence-corrected chi connectivity index (χ1v) is 6.34. The second-order valence-corrected chi connectivity index (χ2v) is 4.51. The first kappa shape index (κ1) is 12.3. The molecular formula is C11H13ClN6O. The molecule has 0 aliphatic carbocycles. The zero-order valence-corrected chi connectivity index (χ0v) is 11.2. The molecule has 0 spiro atoms. The van der Waals surface area contributed by atoms with Gasteiger partial charge >= 0.3 is 0 Å². The quantitative estimate of drug-likeness (QED) is 0.809. The van der Waals surface area contributed by atoms with Crippen molar-refractivity contribution in [2.75, 3.05) is 31.2 Å². The van der Waals surface area contributed by atoms with Crippen LogP contribution < -0.4 is 4.90 Å². The van der Waals surface area contributed by atoms with Crippen molar-refractivity contribution in [2.45, 2.75) is 0 Å². The summed E-state index contributed by atoms with van der Waals surface area (Å²) in [6.45, 7) is 2.85. The largest absolute Gasteiger partial charge is 0.378 e. The van der Waals surface area contributed by atoms with Crippen LogP contribution in [-0.4, -0.2) is 51.0 Å². The topological polar surface area (TPSA) is 69.0 Å². The molecule has 3 heterocycles. The molecule has 0 amide bonds. The zero-order valence-electron chi connectivity index (χ0n) is 10.5. The van der Waals surface area contributed by atoms with Gasteiger partial charge < -0.3 is 9.64 Å². The number of anilines is 1. The maximum Gasteiger partial charge on any atom is 0.230 e. The molecule has 0 radical (unpaired) electrons. The summed E-state index contributed by atoms with van der Waals surface area (Å²) in [6, 6.07) is 1.84. The Morgan fingerprint density at radius 1 is 1.21 bits per heavy atom. The summed E-state index contributed by atoms with van der Waals surface area (Å²) in [6.07, 6.45) is 1.70. The number of aryl methyl sites for hydroxylation is 1. The fourth-order valence-corrected chi connectivity index (χ4v) is 2.11. The molecule has 0 aromatic carbocycles. The van der Waals surface area contributed by atoms with E-state index in [9.17, 15) is 0 Å². The van der Waals surface area contributed by atoms with E-state index in [1.54, 1.807) is 10.9 Å². The van der Waals surface area contributed by atoms with E-state index in [0.29, 0.717) is 25.0 Å². The van der Waals surface area contributed by atoms with E-state index in [0.717, 1.165) is 18.8 Å². The Morgan fingerprint density at radius 3 is 2.68 bits per heavy atom. The second kappa shape index (κ2) is 5.10. The minimum Gasteiger partial charge on any atom is -0.378 e. The van der Waals surface area contributed by atoms with Gasteiger partial charge in [0.05, 0.1) is 13.2 Å². The number of morpholine rings is 1. The predicted octanol–water partition coefficient (Wildman–Crippen LogP) is 0.762. The summed E-state index contributed by atoms with van der Waals surface area (Å²) in [5, 5.41) is 4.29. The molecule has 8 heteroatoms. The predicted molar refractivity (Wildman–Crippen MR) is 70.1 cm³/mol. The molecule has 1 fully saturated rings. The molecule has 0 atom stereocenters. The molecule has 0 unspecified atom stereocenters. The average molecular weight is 281 g/mol. The Bertz CT molecular complexity index is 580. The third-order valence-electron chi connectivity index (χ3n) is 2.94. The van der Waals surface area contributed by atoms with Crippen LogP contribution in [0.1, 0.15) is 0 Å². The molecule has 0 N–H and O–H groups in total. The first-order chi connectivity index (χ1) is 9.24. The number of nitrogens with zero attached hydrogens (tertiary/aromatic N) is 6. The summed E-state index contributed by atoms with van der Waals surface area (Å²) in [5.41, 5.74) is 0.804. The zero-order chi connectivity index (χ0) is 13.2. The number of halogens is 1.